The van der Waals surface area contributed by atoms with Crippen LogP contribution in [0.25, 0.3) is 11.2 Å². The number of carbonyl (C=O) groups is 9. The summed E-state index contributed by atoms with van der Waals surface area (Å²) in [6.07, 6.45) is -2.70. The molecule has 3 rings (SSSR count). The van der Waals surface area contributed by atoms with Crippen LogP contribution < -0.4 is 37.6 Å². The minimum atomic E-state index is -1.66. The van der Waals surface area contributed by atoms with Crippen LogP contribution in [0.2, 0.25) is 0 Å². The van der Waals surface area contributed by atoms with Gasteiger partial charge in [0, 0.05) is 44.0 Å². The summed E-state index contributed by atoms with van der Waals surface area (Å²) in [4.78, 5) is 126. The number of aliphatic carboxylic acids is 5. The molecule has 0 aliphatic carbocycles. The van der Waals surface area contributed by atoms with E-state index in [1.54, 1.807) is 24.1 Å². The Hall–Kier alpha value is -7.73. The molecule has 25 nitrogen and oxygen atoms in total. The standard InChI is InChI=1S/C35H43N11O14/c1-46(15-17-14-38-29-27(39-17)28(36)44-35(37)45-29)18-4-2-16(3-5-18)30(52)43-22(34(59)60)8-12-25(49)41-20(32(55)56)6-10-23(47)40-19(31(53)54)7-11-24(48)42-21(33(57)58)9-13-26(50)51/h2-5,14,19-22H,6-13,15H2,1H3,(H,40,47)(H,41,49)(H,42,48)(H,43,52)(H,50,51)(H,53,54)(H,55,56)(H,57,58)(H,59,60)(H4,36,37,38,44,45)/t19-,20+,21-,22+/m0/s1. The van der Waals surface area contributed by atoms with Gasteiger partial charge < -0.3 is 63.2 Å². The predicted molar refractivity (Wildman–Crippen MR) is 205 cm³/mol. The molecule has 0 aliphatic heterocycles. The number of amides is 4. The molecule has 0 saturated carbocycles. The van der Waals surface area contributed by atoms with Crippen LogP contribution in [0.4, 0.5) is 17.5 Å². The fourth-order valence-electron chi connectivity index (χ4n) is 5.43. The van der Waals surface area contributed by atoms with Crippen molar-refractivity contribution in [1.82, 2.24) is 41.2 Å². The molecule has 60 heavy (non-hydrogen) atoms. The molecule has 2 aromatic heterocycles. The number of hydrogen-bond donors (Lipinski definition) is 11. The van der Waals surface area contributed by atoms with Gasteiger partial charge >= 0.3 is 29.8 Å². The van der Waals surface area contributed by atoms with Crippen molar-refractivity contribution in [2.45, 2.75) is 82.1 Å². The normalized spacial score (nSPS) is 12.8. The topological polar surface area (TPSA) is 410 Å². The maximum Gasteiger partial charge on any atom is 0.326 e. The van der Waals surface area contributed by atoms with Crippen LogP contribution >= 0.6 is 0 Å². The molecular formula is C35H43N11O14. The number of carboxylic acid groups (broad SMARTS) is 5. The summed E-state index contributed by atoms with van der Waals surface area (Å²) in [5.41, 5.74) is 13.3. The van der Waals surface area contributed by atoms with Crippen LogP contribution in [-0.2, 0) is 44.9 Å². The Kier molecular flexibility index (Phi) is 16.9. The van der Waals surface area contributed by atoms with Gasteiger partial charge in [0.15, 0.2) is 17.0 Å². The summed E-state index contributed by atoms with van der Waals surface area (Å²) in [5.74, 6) is -11.0. The molecule has 3 aromatic rings. The number of nitrogens with zero attached hydrogens (tertiary/aromatic N) is 5. The van der Waals surface area contributed by atoms with Crippen molar-refractivity contribution in [3.05, 3.63) is 41.7 Å². The van der Waals surface area contributed by atoms with Gasteiger partial charge in [-0.3, -0.25) is 24.0 Å². The molecule has 0 fully saturated rings. The monoisotopic (exact) mass is 841 g/mol. The van der Waals surface area contributed by atoms with Crippen LogP contribution in [0, 0.1) is 0 Å². The van der Waals surface area contributed by atoms with Gasteiger partial charge in [0.05, 0.1) is 18.4 Å². The van der Waals surface area contributed by atoms with Crippen LogP contribution in [0.3, 0.4) is 0 Å². The first-order valence-electron chi connectivity index (χ1n) is 17.9. The van der Waals surface area contributed by atoms with Gasteiger partial charge in [-0.25, -0.2) is 29.1 Å². The van der Waals surface area contributed by atoms with Gasteiger partial charge in [0.25, 0.3) is 5.91 Å². The third kappa shape index (κ3) is 14.6. The minimum Gasteiger partial charge on any atom is -0.481 e. The molecule has 0 bridgehead atoms. The second-order valence-corrected chi connectivity index (χ2v) is 13.2. The molecular weight excluding hydrogens is 798 g/mol. The number of anilines is 3. The van der Waals surface area contributed by atoms with E-state index < -0.39 is 129 Å². The number of aromatic nitrogens is 4. The largest absolute Gasteiger partial charge is 0.481 e. The zero-order chi connectivity index (χ0) is 44.7. The minimum absolute atomic E-state index is 0.0424. The van der Waals surface area contributed by atoms with Crippen molar-refractivity contribution in [2.24, 2.45) is 0 Å². The summed E-state index contributed by atoms with van der Waals surface area (Å²) in [7, 11) is 1.75. The van der Waals surface area contributed by atoms with Gasteiger partial charge in [0.1, 0.15) is 24.2 Å². The number of rotatable bonds is 24. The maximum absolute atomic E-state index is 12.9. The van der Waals surface area contributed by atoms with E-state index in [4.69, 9.17) is 21.7 Å². The molecule has 2 heterocycles. The molecule has 0 unspecified atom stereocenters. The van der Waals surface area contributed by atoms with Crippen molar-refractivity contribution >= 4 is 82.1 Å². The zero-order valence-corrected chi connectivity index (χ0v) is 31.9. The molecule has 4 atom stereocenters. The molecule has 1 aromatic carbocycles. The average Bonchev–Trinajstić information content (AvgIpc) is 3.17. The van der Waals surface area contributed by atoms with Crippen LogP contribution in [0.5, 0.6) is 0 Å². The molecule has 0 spiro atoms. The second kappa shape index (κ2) is 21.7. The van der Waals surface area contributed by atoms with Crippen molar-refractivity contribution < 1.29 is 68.7 Å². The lowest BCUT2D eigenvalue weighted by atomic mass is 10.1. The summed E-state index contributed by atoms with van der Waals surface area (Å²) >= 11 is 0. The lowest BCUT2D eigenvalue weighted by Crippen LogP contribution is -2.45. The number of nitrogens with two attached hydrogens (primary N) is 2. The van der Waals surface area contributed by atoms with Crippen molar-refractivity contribution in [2.75, 3.05) is 23.4 Å². The average molecular weight is 842 g/mol. The molecule has 25 heteroatoms. The fraction of sp³-hybridized carbons (Fsp3) is 0.400. The van der Waals surface area contributed by atoms with E-state index in [1.807, 2.05) is 0 Å². The Labute approximate surface area is 339 Å². The van der Waals surface area contributed by atoms with E-state index >= 15 is 0 Å². The third-order valence-electron chi connectivity index (χ3n) is 8.60. The molecule has 0 aliphatic rings. The molecule has 13 N–H and O–H groups in total. The van der Waals surface area contributed by atoms with E-state index in [9.17, 15) is 58.5 Å². The number of carboxylic acids is 5. The van der Waals surface area contributed by atoms with E-state index in [1.165, 1.54) is 18.3 Å². The second-order valence-electron chi connectivity index (χ2n) is 13.2. The van der Waals surface area contributed by atoms with E-state index in [0.29, 0.717) is 11.4 Å². The first-order valence-corrected chi connectivity index (χ1v) is 17.9. The van der Waals surface area contributed by atoms with Gasteiger partial charge in [-0.05, 0) is 49.9 Å². The smallest absolute Gasteiger partial charge is 0.326 e. The highest BCUT2D eigenvalue weighted by Gasteiger charge is 2.27. The number of benzene rings is 1. The summed E-state index contributed by atoms with van der Waals surface area (Å²) in [5, 5.41) is 55.3. The van der Waals surface area contributed by atoms with Crippen molar-refractivity contribution in [3.8, 4) is 0 Å². The predicted octanol–water partition coefficient (Wildman–Crippen LogP) is -1.68. The third-order valence-corrected chi connectivity index (χ3v) is 8.60. The number of hydrogen-bond acceptors (Lipinski definition) is 16. The Morgan fingerprint density at radius 1 is 0.617 bits per heavy atom. The van der Waals surface area contributed by atoms with E-state index in [-0.39, 0.29) is 35.0 Å². The summed E-state index contributed by atoms with van der Waals surface area (Å²) in [6.45, 7) is 0.268. The SMILES string of the molecule is CN(Cc1cnc2nc(N)nc(N)c2n1)c1ccc(C(=O)N[C@H](CCC(=O)N[C@H](CCC(=O)N[C@@H](CCC(=O)N[C@@H](CCC(=O)O)C(=O)O)C(=O)O)C(=O)O)C(=O)O)cc1. The van der Waals surface area contributed by atoms with E-state index in [2.05, 4.69) is 41.2 Å². The van der Waals surface area contributed by atoms with Crippen LogP contribution in [0.1, 0.15) is 67.4 Å². The molecule has 4 amide bonds. The highest BCUT2D eigenvalue weighted by Crippen LogP contribution is 2.19. The van der Waals surface area contributed by atoms with Gasteiger partial charge in [0.2, 0.25) is 23.7 Å². The quantitative estimate of drug-likeness (QED) is 0.0479. The summed E-state index contributed by atoms with van der Waals surface area (Å²) < 4.78 is 0. The fourth-order valence-corrected chi connectivity index (χ4v) is 5.43. The maximum atomic E-state index is 12.9. The van der Waals surface area contributed by atoms with Crippen molar-refractivity contribution in [1.29, 1.82) is 0 Å². The number of fused-ring (bicyclic) bond motifs is 1. The first-order chi connectivity index (χ1) is 28.2. The summed E-state index contributed by atoms with van der Waals surface area (Å²) in [6, 6.07) is -0.332. The highest BCUT2D eigenvalue weighted by atomic mass is 16.4. The van der Waals surface area contributed by atoms with Gasteiger partial charge in [-0.15, -0.1) is 0 Å². The van der Waals surface area contributed by atoms with E-state index in [0.717, 1.165) is 0 Å². The van der Waals surface area contributed by atoms with Gasteiger partial charge in [-0.2, -0.15) is 9.97 Å². The molecule has 0 radical (unpaired) electrons. The highest BCUT2D eigenvalue weighted by molar-refractivity contribution is 5.97. The Bertz CT molecular complexity index is 2120. The Morgan fingerprint density at radius 3 is 1.48 bits per heavy atom. The Balaban J connectivity index is 1.48. The first kappa shape index (κ1) is 46.7. The van der Waals surface area contributed by atoms with Crippen LogP contribution in [-0.4, -0.2) is 130 Å². The van der Waals surface area contributed by atoms with Gasteiger partial charge in [-0.1, -0.05) is 0 Å². The zero-order valence-electron chi connectivity index (χ0n) is 31.9. The molecule has 0 saturated heterocycles. The number of nitrogens with one attached hydrogen (secondary N) is 4. The lowest BCUT2D eigenvalue weighted by Gasteiger charge is -2.20. The number of nitrogen functional groups attached to an aromatic ring is 2. The lowest BCUT2D eigenvalue weighted by molar-refractivity contribution is -0.144. The number of carbonyl (C=O) groups excluding carboxylic acids is 4. The Morgan fingerprint density at radius 2 is 1.05 bits per heavy atom. The van der Waals surface area contributed by atoms with Crippen molar-refractivity contribution in [3.63, 3.8) is 0 Å². The van der Waals surface area contributed by atoms with Crippen LogP contribution in [0.15, 0.2) is 30.5 Å². The molecule has 322 valence electrons.